The minimum atomic E-state index is -0.0784. The molecule has 0 radical (unpaired) electrons. The molecule has 4 aromatic rings. The normalized spacial score (nSPS) is 10.9. The Morgan fingerprint density at radius 1 is 1.03 bits per heavy atom. The van der Waals surface area contributed by atoms with E-state index in [1.807, 2.05) is 61.7 Å². The molecule has 0 saturated carbocycles. The van der Waals surface area contributed by atoms with Gasteiger partial charge in [0.1, 0.15) is 5.76 Å². The van der Waals surface area contributed by atoms with E-state index in [0.717, 1.165) is 39.5 Å². The highest BCUT2D eigenvalue weighted by Gasteiger charge is 2.18. The molecule has 0 bridgehead atoms. The largest absolute Gasteiger partial charge is 0.469 e. The van der Waals surface area contributed by atoms with E-state index < -0.39 is 0 Å². The van der Waals surface area contributed by atoms with Crippen LogP contribution in [0.5, 0.6) is 0 Å². The topological polar surface area (TPSA) is 73.0 Å². The summed E-state index contributed by atoms with van der Waals surface area (Å²) in [5.41, 5.74) is 5.07. The average Bonchev–Trinajstić information content (AvgIpc) is 3.32. The minimum absolute atomic E-state index is 0.0784. The number of aryl methyl sites for hydroxylation is 3. The van der Waals surface area contributed by atoms with Crippen molar-refractivity contribution in [2.75, 3.05) is 11.1 Å². The molecule has 0 aliphatic rings. The van der Waals surface area contributed by atoms with E-state index in [1.165, 1.54) is 11.8 Å². The van der Waals surface area contributed by atoms with Gasteiger partial charge in [0.25, 0.3) is 0 Å². The van der Waals surface area contributed by atoms with E-state index in [9.17, 15) is 4.79 Å². The predicted octanol–water partition coefficient (Wildman–Crippen LogP) is 5.24. The summed E-state index contributed by atoms with van der Waals surface area (Å²) < 4.78 is 7.49. The van der Waals surface area contributed by atoms with Crippen molar-refractivity contribution < 1.29 is 9.21 Å². The van der Waals surface area contributed by atoms with Crippen LogP contribution >= 0.6 is 11.8 Å². The van der Waals surface area contributed by atoms with Gasteiger partial charge in [-0.2, -0.15) is 0 Å². The van der Waals surface area contributed by atoms with E-state index >= 15 is 0 Å². The lowest BCUT2D eigenvalue weighted by Gasteiger charge is -2.11. The van der Waals surface area contributed by atoms with Gasteiger partial charge in [0, 0.05) is 5.69 Å². The molecule has 0 unspecified atom stereocenters. The number of carbonyl (C=O) groups excluding carboxylic acids is 1. The first-order chi connectivity index (χ1) is 15.0. The maximum Gasteiger partial charge on any atom is 0.234 e. The molecule has 31 heavy (non-hydrogen) atoms. The molecule has 0 aliphatic heterocycles. The smallest absolute Gasteiger partial charge is 0.234 e. The number of carbonyl (C=O) groups is 1. The maximum absolute atomic E-state index is 12.6. The Bertz CT molecular complexity index is 1180. The van der Waals surface area contributed by atoms with Crippen LogP contribution in [0.25, 0.3) is 11.4 Å². The van der Waals surface area contributed by atoms with Gasteiger partial charge in [-0.3, -0.25) is 9.36 Å². The SMILES string of the molecule is Cc1cc(C)cc(NC(=O)CSc2nnc(-c3ccoc3C)n2Cc2ccccc2)c1. The molecular weight excluding hydrogens is 408 g/mol. The Labute approximate surface area is 185 Å². The summed E-state index contributed by atoms with van der Waals surface area (Å²) in [7, 11) is 0. The lowest BCUT2D eigenvalue weighted by molar-refractivity contribution is -0.113. The van der Waals surface area contributed by atoms with Crippen LogP contribution in [0.1, 0.15) is 22.5 Å². The van der Waals surface area contributed by atoms with Crippen molar-refractivity contribution in [3.63, 3.8) is 0 Å². The van der Waals surface area contributed by atoms with Gasteiger partial charge in [0.15, 0.2) is 11.0 Å². The Balaban J connectivity index is 1.54. The first-order valence-corrected chi connectivity index (χ1v) is 11.0. The van der Waals surface area contributed by atoms with Crippen LogP contribution in [-0.4, -0.2) is 26.4 Å². The summed E-state index contributed by atoms with van der Waals surface area (Å²) in [6.45, 7) is 6.54. The first kappa shape index (κ1) is 20.9. The molecule has 6 nitrogen and oxygen atoms in total. The van der Waals surface area contributed by atoms with Crippen molar-refractivity contribution in [1.29, 1.82) is 0 Å². The fourth-order valence-electron chi connectivity index (χ4n) is 3.49. The quantitative estimate of drug-likeness (QED) is 0.404. The molecule has 4 rings (SSSR count). The van der Waals surface area contributed by atoms with Crippen LogP contribution < -0.4 is 5.32 Å². The molecule has 0 spiro atoms. The van der Waals surface area contributed by atoms with Crippen LogP contribution in [0.3, 0.4) is 0 Å². The molecule has 158 valence electrons. The number of nitrogens with zero attached hydrogens (tertiary/aromatic N) is 3. The number of nitrogens with one attached hydrogen (secondary N) is 1. The molecule has 0 fully saturated rings. The lowest BCUT2D eigenvalue weighted by atomic mass is 10.1. The number of thioether (sulfide) groups is 1. The van der Waals surface area contributed by atoms with Gasteiger partial charge in [0.05, 0.1) is 24.1 Å². The predicted molar refractivity (Wildman–Crippen MR) is 123 cm³/mol. The second-order valence-electron chi connectivity index (χ2n) is 7.48. The number of aromatic nitrogens is 3. The number of hydrogen-bond donors (Lipinski definition) is 1. The highest BCUT2D eigenvalue weighted by Crippen LogP contribution is 2.28. The summed E-state index contributed by atoms with van der Waals surface area (Å²) in [6, 6.07) is 18.0. The highest BCUT2D eigenvalue weighted by molar-refractivity contribution is 7.99. The minimum Gasteiger partial charge on any atom is -0.469 e. The van der Waals surface area contributed by atoms with Crippen molar-refractivity contribution in [2.24, 2.45) is 0 Å². The number of furan rings is 1. The van der Waals surface area contributed by atoms with E-state index in [-0.39, 0.29) is 11.7 Å². The zero-order valence-electron chi connectivity index (χ0n) is 17.8. The zero-order chi connectivity index (χ0) is 21.8. The Kier molecular flexibility index (Phi) is 6.23. The zero-order valence-corrected chi connectivity index (χ0v) is 18.6. The van der Waals surface area contributed by atoms with Crippen LogP contribution in [0, 0.1) is 20.8 Å². The second kappa shape index (κ2) is 9.22. The summed E-state index contributed by atoms with van der Waals surface area (Å²) in [6.07, 6.45) is 1.65. The van der Waals surface area contributed by atoms with Crippen LogP contribution in [-0.2, 0) is 11.3 Å². The molecule has 2 aromatic carbocycles. The number of amides is 1. The fourth-order valence-corrected chi connectivity index (χ4v) is 4.23. The molecule has 7 heteroatoms. The molecule has 2 heterocycles. The number of rotatable bonds is 7. The molecule has 2 aromatic heterocycles. The molecule has 1 amide bonds. The number of hydrogen-bond acceptors (Lipinski definition) is 5. The van der Waals surface area contributed by atoms with Crippen LogP contribution in [0.15, 0.2) is 70.4 Å². The summed E-state index contributed by atoms with van der Waals surface area (Å²) in [5.74, 6) is 1.67. The summed E-state index contributed by atoms with van der Waals surface area (Å²) >= 11 is 1.37. The monoisotopic (exact) mass is 432 g/mol. The second-order valence-corrected chi connectivity index (χ2v) is 8.42. The lowest BCUT2D eigenvalue weighted by Crippen LogP contribution is -2.15. The summed E-state index contributed by atoms with van der Waals surface area (Å²) in [5, 5.41) is 12.4. The molecule has 1 N–H and O–H groups in total. The molecule has 0 atom stereocenters. The van der Waals surface area contributed by atoms with Gasteiger partial charge in [-0.25, -0.2) is 0 Å². The van der Waals surface area contributed by atoms with Crippen LogP contribution in [0.4, 0.5) is 5.69 Å². The first-order valence-electron chi connectivity index (χ1n) is 10.0. The average molecular weight is 433 g/mol. The van der Waals surface area contributed by atoms with E-state index in [1.54, 1.807) is 6.26 Å². The third-order valence-corrected chi connectivity index (χ3v) is 5.80. The van der Waals surface area contributed by atoms with Gasteiger partial charge < -0.3 is 9.73 Å². The van der Waals surface area contributed by atoms with Gasteiger partial charge in [0.2, 0.25) is 5.91 Å². The third kappa shape index (κ3) is 5.06. The van der Waals surface area contributed by atoms with Crippen molar-refractivity contribution >= 4 is 23.4 Å². The molecular formula is C24H24N4O2S. The standard InChI is InChI=1S/C24H24N4O2S/c1-16-11-17(2)13-20(12-16)25-22(29)15-31-24-27-26-23(21-9-10-30-18(21)3)28(24)14-19-7-5-4-6-8-19/h4-13H,14-15H2,1-3H3,(H,25,29). The Hall–Kier alpha value is -3.32. The van der Waals surface area contributed by atoms with Gasteiger partial charge in [-0.05, 0) is 55.7 Å². The van der Waals surface area contributed by atoms with Crippen molar-refractivity contribution in [3.05, 3.63) is 83.3 Å². The number of benzene rings is 2. The van der Waals surface area contributed by atoms with E-state index in [2.05, 4.69) is 33.7 Å². The van der Waals surface area contributed by atoms with Crippen molar-refractivity contribution in [2.45, 2.75) is 32.5 Å². The third-order valence-electron chi connectivity index (χ3n) is 4.84. The highest BCUT2D eigenvalue weighted by atomic mass is 32.2. The number of anilines is 1. The van der Waals surface area contributed by atoms with Crippen LogP contribution in [0.2, 0.25) is 0 Å². The van der Waals surface area contributed by atoms with Crippen molar-refractivity contribution in [1.82, 2.24) is 14.8 Å². The Morgan fingerprint density at radius 3 is 2.45 bits per heavy atom. The van der Waals surface area contributed by atoms with Gasteiger partial charge in [-0.1, -0.05) is 48.2 Å². The van der Waals surface area contributed by atoms with Crippen molar-refractivity contribution in [3.8, 4) is 11.4 Å². The maximum atomic E-state index is 12.6. The van der Waals surface area contributed by atoms with Gasteiger partial charge in [-0.15, -0.1) is 10.2 Å². The Morgan fingerprint density at radius 2 is 1.77 bits per heavy atom. The molecule has 0 saturated heterocycles. The molecule has 0 aliphatic carbocycles. The van der Waals surface area contributed by atoms with E-state index in [0.29, 0.717) is 11.7 Å². The van der Waals surface area contributed by atoms with Gasteiger partial charge >= 0.3 is 0 Å². The fraction of sp³-hybridized carbons (Fsp3) is 0.208. The summed E-state index contributed by atoms with van der Waals surface area (Å²) in [4.78, 5) is 12.6. The van der Waals surface area contributed by atoms with E-state index in [4.69, 9.17) is 4.42 Å².